The number of anilines is 2. The highest BCUT2D eigenvalue weighted by Crippen LogP contribution is 2.26. The summed E-state index contributed by atoms with van der Waals surface area (Å²) in [6.45, 7) is 3.66. The zero-order chi connectivity index (χ0) is 20.3. The quantitative estimate of drug-likeness (QED) is 0.778. The SMILES string of the molecule is Cc1ccc(N2C[C@@H](C(=O)O[C@H](C)C(=O)Nc3ccc(Cl)cn3)CC2=O)cc1. The van der Waals surface area contributed by atoms with Gasteiger partial charge >= 0.3 is 5.97 Å². The first-order chi connectivity index (χ1) is 13.3. The van der Waals surface area contributed by atoms with Crippen LogP contribution in [0, 0.1) is 12.8 Å². The topological polar surface area (TPSA) is 88.6 Å². The molecule has 7 nitrogen and oxygen atoms in total. The van der Waals surface area contributed by atoms with Crippen LogP contribution in [-0.2, 0) is 19.1 Å². The van der Waals surface area contributed by atoms with Crippen LogP contribution in [-0.4, -0.2) is 35.4 Å². The summed E-state index contributed by atoms with van der Waals surface area (Å²) < 4.78 is 5.26. The van der Waals surface area contributed by atoms with Crippen molar-refractivity contribution in [1.82, 2.24) is 4.98 Å². The highest BCUT2D eigenvalue weighted by atomic mass is 35.5. The van der Waals surface area contributed by atoms with Crippen molar-refractivity contribution in [3.05, 3.63) is 53.2 Å². The molecule has 0 spiro atoms. The first-order valence-electron chi connectivity index (χ1n) is 8.83. The number of hydrogen-bond donors (Lipinski definition) is 1. The van der Waals surface area contributed by atoms with E-state index < -0.39 is 23.9 Å². The Bertz CT molecular complexity index is 883. The molecule has 0 aliphatic carbocycles. The first kappa shape index (κ1) is 19.8. The Hall–Kier alpha value is -2.93. The lowest BCUT2D eigenvalue weighted by molar-refractivity contribution is -0.157. The summed E-state index contributed by atoms with van der Waals surface area (Å²) in [5, 5.41) is 3.00. The summed E-state index contributed by atoms with van der Waals surface area (Å²) in [4.78, 5) is 42.4. The molecule has 2 aromatic rings. The van der Waals surface area contributed by atoms with Gasteiger partial charge < -0.3 is 15.0 Å². The minimum absolute atomic E-state index is 0.0553. The van der Waals surface area contributed by atoms with E-state index in [2.05, 4.69) is 10.3 Å². The average Bonchev–Trinajstić information content (AvgIpc) is 3.06. The highest BCUT2D eigenvalue weighted by Gasteiger charge is 2.37. The van der Waals surface area contributed by atoms with Crippen LogP contribution in [0.25, 0.3) is 0 Å². The fourth-order valence-corrected chi connectivity index (χ4v) is 2.95. The minimum atomic E-state index is -1.02. The molecule has 0 bridgehead atoms. The zero-order valence-corrected chi connectivity index (χ0v) is 16.3. The number of esters is 1. The number of pyridine rings is 1. The van der Waals surface area contributed by atoms with E-state index in [0.29, 0.717) is 10.8 Å². The Labute approximate surface area is 167 Å². The number of rotatable bonds is 5. The van der Waals surface area contributed by atoms with E-state index in [0.717, 1.165) is 11.3 Å². The largest absolute Gasteiger partial charge is 0.452 e. The molecule has 0 unspecified atom stereocenters. The molecule has 1 aliphatic heterocycles. The molecule has 8 heteroatoms. The summed E-state index contributed by atoms with van der Waals surface area (Å²) in [5.74, 6) is -1.54. The van der Waals surface area contributed by atoms with Gasteiger partial charge in [-0.15, -0.1) is 0 Å². The molecule has 1 saturated heterocycles. The molecule has 2 amide bonds. The number of aryl methyl sites for hydroxylation is 1. The van der Waals surface area contributed by atoms with Crippen molar-refractivity contribution in [2.75, 3.05) is 16.8 Å². The molecule has 2 heterocycles. The van der Waals surface area contributed by atoms with E-state index >= 15 is 0 Å². The normalized spacial score (nSPS) is 17.3. The standard InChI is InChI=1S/C20H20ClN3O4/c1-12-3-6-16(7-4-12)24-11-14(9-18(24)25)20(27)28-13(2)19(26)23-17-8-5-15(21)10-22-17/h3-8,10,13-14H,9,11H2,1-2H3,(H,22,23,26)/t13-,14+/m1/s1. The lowest BCUT2D eigenvalue weighted by Crippen LogP contribution is -2.33. The lowest BCUT2D eigenvalue weighted by Gasteiger charge is -2.18. The lowest BCUT2D eigenvalue weighted by atomic mass is 10.1. The van der Waals surface area contributed by atoms with Gasteiger partial charge in [0.1, 0.15) is 5.82 Å². The molecule has 1 N–H and O–H groups in total. The summed E-state index contributed by atoms with van der Waals surface area (Å²) in [6.07, 6.45) is 0.436. The Kier molecular flexibility index (Phi) is 5.94. The first-order valence-corrected chi connectivity index (χ1v) is 9.21. The van der Waals surface area contributed by atoms with E-state index in [9.17, 15) is 14.4 Å². The monoisotopic (exact) mass is 401 g/mol. The second kappa shape index (κ2) is 8.39. The molecular formula is C20H20ClN3O4. The number of benzene rings is 1. The zero-order valence-electron chi connectivity index (χ0n) is 15.5. The number of aromatic nitrogens is 1. The van der Waals surface area contributed by atoms with Gasteiger partial charge in [-0.1, -0.05) is 29.3 Å². The second-order valence-electron chi connectivity index (χ2n) is 6.67. The molecule has 1 aromatic carbocycles. The maximum atomic E-state index is 12.4. The third-order valence-electron chi connectivity index (χ3n) is 4.44. The molecule has 1 aliphatic rings. The molecule has 1 aromatic heterocycles. The second-order valence-corrected chi connectivity index (χ2v) is 7.11. The van der Waals surface area contributed by atoms with Crippen molar-refractivity contribution < 1.29 is 19.1 Å². The molecule has 0 saturated carbocycles. The predicted octanol–water partition coefficient (Wildman–Crippen LogP) is 2.97. The average molecular weight is 402 g/mol. The van der Waals surface area contributed by atoms with Gasteiger partial charge in [-0.3, -0.25) is 14.4 Å². The van der Waals surface area contributed by atoms with Crippen LogP contribution in [0.5, 0.6) is 0 Å². The van der Waals surface area contributed by atoms with Crippen molar-refractivity contribution in [3.63, 3.8) is 0 Å². The van der Waals surface area contributed by atoms with E-state index in [1.54, 1.807) is 17.0 Å². The van der Waals surface area contributed by atoms with E-state index in [4.69, 9.17) is 16.3 Å². The maximum Gasteiger partial charge on any atom is 0.312 e. The Morgan fingerprint density at radius 1 is 1.25 bits per heavy atom. The molecule has 3 rings (SSSR count). The Morgan fingerprint density at radius 3 is 2.61 bits per heavy atom. The van der Waals surface area contributed by atoms with Crippen LogP contribution in [0.15, 0.2) is 42.6 Å². The summed E-state index contributed by atoms with van der Waals surface area (Å²) >= 11 is 5.75. The summed E-state index contributed by atoms with van der Waals surface area (Å²) in [6, 6.07) is 10.6. The number of nitrogens with zero attached hydrogens (tertiary/aromatic N) is 2. The molecule has 2 atom stereocenters. The third-order valence-corrected chi connectivity index (χ3v) is 4.67. The van der Waals surface area contributed by atoms with Gasteiger partial charge in [-0.05, 0) is 38.1 Å². The van der Waals surface area contributed by atoms with Crippen LogP contribution in [0.2, 0.25) is 5.02 Å². The predicted molar refractivity (Wildman–Crippen MR) is 105 cm³/mol. The van der Waals surface area contributed by atoms with Crippen LogP contribution in [0.3, 0.4) is 0 Å². The summed E-state index contributed by atoms with van der Waals surface area (Å²) in [5.41, 5.74) is 1.83. The molecule has 0 radical (unpaired) electrons. The van der Waals surface area contributed by atoms with Gasteiger partial charge in [0.15, 0.2) is 6.10 Å². The van der Waals surface area contributed by atoms with Gasteiger partial charge in [0.2, 0.25) is 5.91 Å². The molecule has 1 fully saturated rings. The van der Waals surface area contributed by atoms with Crippen molar-refractivity contribution in [3.8, 4) is 0 Å². The van der Waals surface area contributed by atoms with E-state index in [1.807, 2.05) is 31.2 Å². The number of ether oxygens (including phenoxy) is 1. The van der Waals surface area contributed by atoms with Gasteiger partial charge in [0.05, 0.1) is 10.9 Å². The Morgan fingerprint density at radius 2 is 1.96 bits per heavy atom. The number of amides is 2. The number of carbonyl (C=O) groups excluding carboxylic acids is 3. The van der Waals surface area contributed by atoms with Gasteiger partial charge in [0, 0.05) is 24.8 Å². The Balaban J connectivity index is 1.56. The van der Waals surface area contributed by atoms with Gasteiger partial charge in [-0.2, -0.15) is 0 Å². The van der Waals surface area contributed by atoms with E-state index in [1.165, 1.54) is 13.1 Å². The summed E-state index contributed by atoms with van der Waals surface area (Å²) in [7, 11) is 0. The smallest absolute Gasteiger partial charge is 0.312 e. The van der Waals surface area contributed by atoms with E-state index in [-0.39, 0.29) is 18.9 Å². The molecule has 146 valence electrons. The minimum Gasteiger partial charge on any atom is -0.452 e. The number of carbonyl (C=O) groups is 3. The van der Waals surface area contributed by atoms with Crippen molar-refractivity contribution in [2.24, 2.45) is 5.92 Å². The maximum absolute atomic E-state index is 12.4. The van der Waals surface area contributed by atoms with Gasteiger partial charge in [-0.25, -0.2) is 4.98 Å². The van der Waals surface area contributed by atoms with Crippen LogP contribution in [0.4, 0.5) is 11.5 Å². The van der Waals surface area contributed by atoms with Crippen LogP contribution >= 0.6 is 11.6 Å². The number of halogens is 1. The fourth-order valence-electron chi connectivity index (χ4n) is 2.84. The van der Waals surface area contributed by atoms with Gasteiger partial charge in [0.25, 0.3) is 5.91 Å². The number of nitrogens with one attached hydrogen (secondary N) is 1. The fraction of sp³-hybridized carbons (Fsp3) is 0.300. The van der Waals surface area contributed by atoms with Crippen molar-refractivity contribution >= 4 is 40.9 Å². The highest BCUT2D eigenvalue weighted by molar-refractivity contribution is 6.30. The van der Waals surface area contributed by atoms with Crippen molar-refractivity contribution in [1.29, 1.82) is 0 Å². The number of hydrogen-bond acceptors (Lipinski definition) is 5. The third kappa shape index (κ3) is 4.67. The van der Waals surface area contributed by atoms with Crippen LogP contribution in [0.1, 0.15) is 18.9 Å². The van der Waals surface area contributed by atoms with Crippen LogP contribution < -0.4 is 10.2 Å². The molecule has 28 heavy (non-hydrogen) atoms. The van der Waals surface area contributed by atoms with Crippen molar-refractivity contribution in [2.45, 2.75) is 26.4 Å². The molecular weight excluding hydrogens is 382 g/mol.